The van der Waals surface area contributed by atoms with Crippen LogP contribution in [0, 0.1) is 5.82 Å². The molecule has 0 saturated carbocycles. The molecule has 0 bridgehead atoms. The number of benzene rings is 2. The smallest absolute Gasteiger partial charge is 0.230 e. The van der Waals surface area contributed by atoms with Gasteiger partial charge in [-0.05, 0) is 54.7 Å². The Kier molecular flexibility index (Phi) is 5.89. The number of halogens is 1. The maximum atomic E-state index is 13.1. The van der Waals surface area contributed by atoms with Crippen molar-refractivity contribution in [3.63, 3.8) is 0 Å². The molecule has 2 aromatic rings. The fraction of sp³-hybridized carbons (Fsp3) is 0.381. The van der Waals surface area contributed by atoms with Crippen LogP contribution < -0.4 is 10.1 Å². The largest absolute Gasteiger partial charge is 0.497 e. The molecule has 4 nitrogen and oxygen atoms in total. The molecule has 1 aliphatic heterocycles. The number of carbonyl (C=O) groups excluding carboxylic acids is 1. The highest BCUT2D eigenvalue weighted by Gasteiger charge is 2.41. The Morgan fingerprint density at radius 1 is 1.12 bits per heavy atom. The highest BCUT2D eigenvalue weighted by molar-refractivity contribution is 5.88. The number of nitrogens with one attached hydrogen (secondary N) is 1. The summed E-state index contributed by atoms with van der Waals surface area (Å²) in [5.74, 6) is 0.541. The lowest BCUT2D eigenvalue weighted by molar-refractivity contribution is -0.130. The molecule has 138 valence electrons. The third-order valence-electron chi connectivity index (χ3n) is 5.04. The van der Waals surface area contributed by atoms with Crippen LogP contribution in [0.4, 0.5) is 4.39 Å². The Morgan fingerprint density at radius 2 is 1.77 bits per heavy atom. The zero-order chi connectivity index (χ0) is 18.4. The van der Waals surface area contributed by atoms with Gasteiger partial charge in [0.05, 0.1) is 12.5 Å². The number of amides is 1. The van der Waals surface area contributed by atoms with E-state index in [-0.39, 0.29) is 11.7 Å². The van der Waals surface area contributed by atoms with Gasteiger partial charge in [0.15, 0.2) is 0 Å². The molecule has 1 N–H and O–H groups in total. The Morgan fingerprint density at radius 3 is 2.38 bits per heavy atom. The van der Waals surface area contributed by atoms with Crippen molar-refractivity contribution in [3.05, 3.63) is 65.5 Å². The molecule has 5 heteroatoms. The van der Waals surface area contributed by atoms with Gasteiger partial charge in [0, 0.05) is 19.8 Å². The first-order valence-corrected chi connectivity index (χ1v) is 8.89. The first kappa shape index (κ1) is 18.4. The van der Waals surface area contributed by atoms with E-state index in [0.717, 1.165) is 16.9 Å². The topological polar surface area (TPSA) is 47.6 Å². The standard InChI is InChI=1S/C21H24FNO3/c1-25-19-8-4-17(5-9-19)21(11-14-26-15-12-21)20(24)23-13-10-16-2-6-18(22)7-3-16/h2-9H,10-15H2,1H3,(H,23,24). The predicted octanol–water partition coefficient (Wildman–Crippen LogP) is 3.24. The molecular weight excluding hydrogens is 333 g/mol. The SMILES string of the molecule is COc1ccc(C2(C(=O)NCCc3ccc(F)cc3)CCOCC2)cc1. The number of hydrogen-bond donors (Lipinski definition) is 1. The first-order valence-electron chi connectivity index (χ1n) is 8.89. The molecular formula is C21H24FNO3. The van der Waals surface area contributed by atoms with Crippen molar-refractivity contribution in [3.8, 4) is 5.75 Å². The molecule has 0 unspecified atom stereocenters. The van der Waals surface area contributed by atoms with Crippen LogP contribution in [0.3, 0.4) is 0 Å². The van der Waals surface area contributed by atoms with Gasteiger partial charge in [-0.15, -0.1) is 0 Å². The van der Waals surface area contributed by atoms with Crippen molar-refractivity contribution in [2.75, 3.05) is 26.9 Å². The van der Waals surface area contributed by atoms with Crippen LogP contribution in [0.1, 0.15) is 24.0 Å². The minimum atomic E-state index is -0.576. The summed E-state index contributed by atoms with van der Waals surface area (Å²) in [6.07, 6.45) is 1.98. The highest BCUT2D eigenvalue weighted by atomic mass is 19.1. The van der Waals surface area contributed by atoms with E-state index in [1.807, 2.05) is 24.3 Å². The van der Waals surface area contributed by atoms with Gasteiger partial charge in [0.25, 0.3) is 0 Å². The fourth-order valence-electron chi connectivity index (χ4n) is 3.42. The van der Waals surface area contributed by atoms with Crippen molar-refractivity contribution in [2.24, 2.45) is 0 Å². The van der Waals surface area contributed by atoms with Crippen molar-refractivity contribution in [2.45, 2.75) is 24.7 Å². The first-order chi connectivity index (χ1) is 12.6. The van der Waals surface area contributed by atoms with Crippen LogP contribution in [0.5, 0.6) is 5.75 Å². The molecule has 26 heavy (non-hydrogen) atoms. The van der Waals surface area contributed by atoms with Gasteiger partial charge in [-0.2, -0.15) is 0 Å². The lowest BCUT2D eigenvalue weighted by Gasteiger charge is -2.36. The van der Waals surface area contributed by atoms with Crippen molar-refractivity contribution in [1.29, 1.82) is 0 Å². The van der Waals surface area contributed by atoms with Crippen molar-refractivity contribution in [1.82, 2.24) is 5.32 Å². The molecule has 1 aliphatic rings. The Hall–Kier alpha value is -2.40. The van der Waals surface area contributed by atoms with E-state index in [2.05, 4.69) is 5.32 Å². The third-order valence-corrected chi connectivity index (χ3v) is 5.04. The summed E-state index contributed by atoms with van der Waals surface area (Å²) in [5.41, 5.74) is 1.41. The number of ether oxygens (including phenoxy) is 2. The van der Waals surface area contributed by atoms with Crippen LogP contribution >= 0.6 is 0 Å². The Labute approximate surface area is 153 Å². The van der Waals surface area contributed by atoms with Gasteiger partial charge >= 0.3 is 0 Å². The van der Waals surface area contributed by atoms with Gasteiger partial charge in [0.2, 0.25) is 5.91 Å². The van der Waals surface area contributed by atoms with E-state index >= 15 is 0 Å². The monoisotopic (exact) mass is 357 g/mol. The van der Waals surface area contributed by atoms with E-state index in [1.165, 1.54) is 12.1 Å². The number of hydrogen-bond acceptors (Lipinski definition) is 3. The average Bonchev–Trinajstić information content (AvgIpc) is 2.70. The van der Waals surface area contributed by atoms with Gasteiger partial charge < -0.3 is 14.8 Å². The Bertz CT molecular complexity index is 722. The summed E-state index contributed by atoms with van der Waals surface area (Å²) in [4.78, 5) is 13.1. The molecule has 3 rings (SSSR count). The van der Waals surface area contributed by atoms with Crippen molar-refractivity contribution >= 4 is 5.91 Å². The second kappa shape index (κ2) is 8.32. The van der Waals surface area contributed by atoms with Crippen LogP contribution in [0.2, 0.25) is 0 Å². The lowest BCUT2D eigenvalue weighted by Crippen LogP contribution is -2.48. The number of carbonyl (C=O) groups is 1. The zero-order valence-electron chi connectivity index (χ0n) is 15.0. The maximum absolute atomic E-state index is 13.1. The van der Waals surface area contributed by atoms with Crippen molar-refractivity contribution < 1.29 is 18.7 Å². The quantitative estimate of drug-likeness (QED) is 0.863. The van der Waals surface area contributed by atoms with E-state index in [4.69, 9.17) is 9.47 Å². The summed E-state index contributed by atoms with van der Waals surface area (Å²) >= 11 is 0. The zero-order valence-corrected chi connectivity index (χ0v) is 15.0. The fourth-order valence-corrected chi connectivity index (χ4v) is 3.42. The normalized spacial score (nSPS) is 16.1. The van der Waals surface area contributed by atoms with Gasteiger partial charge in [-0.1, -0.05) is 24.3 Å². The third kappa shape index (κ3) is 4.05. The summed E-state index contributed by atoms with van der Waals surface area (Å²) in [5, 5.41) is 3.06. The van der Waals surface area contributed by atoms with E-state index < -0.39 is 5.41 Å². The van der Waals surface area contributed by atoms with Gasteiger partial charge in [0.1, 0.15) is 11.6 Å². The summed E-state index contributed by atoms with van der Waals surface area (Å²) in [7, 11) is 1.63. The minimum Gasteiger partial charge on any atom is -0.497 e. The van der Waals surface area contributed by atoms with Gasteiger partial charge in [-0.3, -0.25) is 4.79 Å². The van der Waals surface area contributed by atoms with Crippen LogP contribution in [-0.2, 0) is 21.4 Å². The molecule has 0 spiro atoms. The highest BCUT2D eigenvalue weighted by Crippen LogP contribution is 2.36. The summed E-state index contributed by atoms with van der Waals surface area (Å²) in [6.45, 7) is 1.65. The summed E-state index contributed by atoms with van der Waals surface area (Å²) < 4.78 is 23.7. The van der Waals surface area contributed by atoms with Crippen LogP contribution in [0.15, 0.2) is 48.5 Å². The van der Waals surface area contributed by atoms with E-state index in [0.29, 0.717) is 39.0 Å². The molecule has 1 saturated heterocycles. The van der Waals surface area contributed by atoms with E-state index in [9.17, 15) is 9.18 Å². The lowest BCUT2D eigenvalue weighted by atomic mass is 9.73. The Balaban J connectivity index is 1.69. The predicted molar refractivity (Wildman–Crippen MR) is 97.8 cm³/mol. The molecule has 2 aromatic carbocycles. The number of rotatable bonds is 6. The molecule has 0 aromatic heterocycles. The van der Waals surface area contributed by atoms with Crippen LogP contribution in [-0.4, -0.2) is 32.8 Å². The molecule has 0 radical (unpaired) electrons. The molecule has 1 heterocycles. The molecule has 1 amide bonds. The molecule has 0 aliphatic carbocycles. The van der Waals surface area contributed by atoms with E-state index in [1.54, 1.807) is 19.2 Å². The summed E-state index contributed by atoms with van der Waals surface area (Å²) in [6, 6.07) is 14.1. The van der Waals surface area contributed by atoms with Gasteiger partial charge in [-0.25, -0.2) is 4.39 Å². The molecule has 1 fully saturated rings. The second-order valence-electron chi connectivity index (χ2n) is 6.56. The average molecular weight is 357 g/mol. The molecule has 0 atom stereocenters. The maximum Gasteiger partial charge on any atom is 0.230 e. The minimum absolute atomic E-state index is 0.0214. The second-order valence-corrected chi connectivity index (χ2v) is 6.56. The number of methoxy groups -OCH3 is 1. The van der Waals surface area contributed by atoms with Crippen LogP contribution in [0.25, 0.3) is 0 Å².